The van der Waals surface area contributed by atoms with Crippen molar-refractivity contribution in [3.63, 3.8) is 0 Å². The van der Waals surface area contributed by atoms with Gasteiger partial charge < -0.3 is 11.5 Å². The van der Waals surface area contributed by atoms with E-state index in [-0.39, 0.29) is 0 Å². The van der Waals surface area contributed by atoms with E-state index in [1.54, 1.807) is 18.2 Å². The van der Waals surface area contributed by atoms with Gasteiger partial charge >= 0.3 is 0 Å². The minimum absolute atomic E-state index is 0.458. The second-order valence-corrected chi connectivity index (χ2v) is 4.65. The van der Waals surface area contributed by atoms with Gasteiger partial charge in [0.25, 0.3) is 0 Å². The molecule has 0 atom stereocenters. The highest BCUT2D eigenvalue weighted by Crippen LogP contribution is 2.19. The lowest BCUT2D eigenvalue weighted by molar-refractivity contribution is 1.32. The molecule has 7 heteroatoms. The van der Waals surface area contributed by atoms with Gasteiger partial charge in [0.05, 0.1) is 14.5 Å². The van der Waals surface area contributed by atoms with Crippen LogP contribution in [0, 0.1) is 0 Å². The summed E-state index contributed by atoms with van der Waals surface area (Å²) in [5, 5.41) is 1.19. The van der Waals surface area contributed by atoms with Gasteiger partial charge in [-0.3, -0.25) is 0 Å². The number of hydrogen-bond acceptors (Lipinski definition) is 4. The zero-order valence-electron chi connectivity index (χ0n) is 8.57. The monoisotopic (exact) mass is 334 g/mol. The molecule has 0 aromatic carbocycles. The Labute approximate surface area is 117 Å². The first-order valence-corrected chi connectivity index (χ1v) is 5.97. The molecule has 17 heavy (non-hydrogen) atoms. The number of hydrogen-bond donors (Lipinski definition) is 2. The molecule has 2 rings (SSSR count). The van der Waals surface area contributed by atoms with Crippen molar-refractivity contribution < 1.29 is 0 Å². The Kier molecular flexibility index (Phi) is 5.47. The first-order chi connectivity index (χ1) is 7.99. The van der Waals surface area contributed by atoms with E-state index in [9.17, 15) is 0 Å². The van der Waals surface area contributed by atoms with Gasteiger partial charge in [0, 0.05) is 12.4 Å². The molecular weight excluding hydrogens is 327 g/mol. The van der Waals surface area contributed by atoms with E-state index in [0.29, 0.717) is 21.7 Å². The first kappa shape index (κ1) is 14.0. The number of rotatable bonds is 0. The van der Waals surface area contributed by atoms with Crippen LogP contribution in [-0.2, 0) is 0 Å². The number of aromatic nitrogens is 2. The minimum Gasteiger partial charge on any atom is -0.384 e. The first-order valence-electron chi connectivity index (χ1n) is 4.42. The molecule has 0 bridgehead atoms. The Hall–Kier alpha value is -1.04. The van der Waals surface area contributed by atoms with Crippen molar-refractivity contribution in [3.8, 4) is 0 Å². The van der Waals surface area contributed by atoms with E-state index in [1.165, 1.54) is 12.4 Å². The quantitative estimate of drug-likeness (QED) is 0.773. The van der Waals surface area contributed by atoms with Gasteiger partial charge in [-0.2, -0.15) is 0 Å². The van der Waals surface area contributed by atoms with E-state index >= 15 is 0 Å². The minimum atomic E-state index is 0.458. The summed E-state index contributed by atoms with van der Waals surface area (Å²) in [6.07, 6.45) is 3.01. The largest absolute Gasteiger partial charge is 0.384 e. The highest BCUT2D eigenvalue weighted by molar-refractivity contribution is 9.10. The maximum atomic E-state index is 5.57. The molecule has 0 aliphatic rings. The summed E-state index contributed by atoms with van der Waals surface area (Å²) >= 11 is 14.2. The SMILES string of the molecule is Nc1ccc(Cl)cn1.Nc1ncc(Cl)cc1Br. The predicted molar refractivity (Wildman–Crippen MR) is 75.0 cm³/mol. The van der Waals surface area contributed by atoms with Crippen molar-refractivity contribution in [2.45, 2.75) is 0 Å². The van der Waals surface area contributed by atoms with E-state index in [1.807, 2.05) is 0 Å². The summed E-state index contributed by atoms with van der Waals surface area (Å²) in [7, 11) is 0. The maximum absolute atomic E-state index is 5.57. The van der Waals surface area contributed by atoms with Crippen LogP contribution in [0.3, 0.4) is 0 Å². The van der Waals surface area contributed by atoms with Crippen molar-refractivity contribution >= 4 is 50.8 Å². The van der Waals surface area contributed by atoms with Crippen LogP contribution >= 0.6 is 39.1 Å². The second-order valence-electron chi connectivity index (χ2n) is 2.92. The molecule has 2 aromatic heterocycles. The van der Waals surface area contributed by atoms with E-state index < -0.39 is 0 Å². The number of nitrogen functional groups attached to an aromatic ring is 2. The summed E-state index contributed by atoms with van der Waals surface area (Å²) in [5.41, 5.74) is 10.6. The van der Waals surface area contributed by atoms with Crippen LogP contribution in [0.4, 0.5) is 11.6 Å². The van der Waals surface area contributed by atoms with E-state index in [0.717, 1.165) is 4.47 Å². The third-order valence-electron chi connectivity index (χ3n) is 1.59. The lowest BCUT2D eigenvalue weighted by Crippen LogP contribution is -1.89. The normalized spacial score (nSPS) is 9.35. The Bertz CT molecular complexity index is 469. The molecule has 4 N–H and O–H groups in total. The Morgan fingerprint density at radius 3 is 2.06 bits per heavy atom. The molecule has 0 fully saturated rings. The average Bonchev–Trinajstić information content (AvgIpc) is 2.29. The molecule has 2 heterocycles. The molecule has 0 amide bonds. The van der Waals surface area contributed by atoms with Crippen molar-refractivity contribution in [2.75, 3.05) is 11.5 Å². The van der Waals surface area contributed by atoms with Crippen molar-refractivity contribution in [1.82, 2.24) is 9.97 Å². The third-order valence-corrected chi connectivity index (χ3v) is 2.65. The molecular formula is C10H9BrCl2N4. The molecule has 90 valence electrons. The topological polar surface area (TPSA) is 77.8 Å². The van der Waals surface area contributed by atoms with Crippen LogP contribution in [0.2, 0.25) is 10.0 Å². The van der Waals surface area contributed by atoms with Crippen LogP contribution in [0.5, 0.6) is 0 Å². The molecule has 0 saturated heterocycles. The lowest BCUT2D eigenvalue weighted by Gasteiger charge is -1.94. The highest BCUT2D eigenvalue weighted by Gasteiger charge is 1.94. The molecule has 0 radical (unpaired) electrons. The maximum Gasteiger partial charge on any atom is 0.137 e. The summed E-state index contributed by atoms with van der Waals surface area (Å²) in [6.45, 7) is 0. The van der Waals surface area contributed by atoms with Crippen LogP contribution in [0.25, 0.3) is 0 Å². The summed E-state index contributed by atoms with van der Waals surface area (Å²) in [4.78, 5) is 7.50. The fourth-order valence-corrected chi connectivity index (χ4v) is 1.56. The third kappa shape index (κ3) is 5.21. The van der Waals surface area contributed by atoms with Gasteiger partial charge in [-0.25, -0.2) is 9.97 Å². The van der Waals surface area contributed by atoms with E-state index in [4.69, 9.17) is 34.7 Å². The fraction of sp³-hybridized carbons (Fsp3) is 0. The van der Waals surface area contributed by atoms with Gasteiger partial charge in [0.1, 0.15) is 11.6 Å². The second kappa shape index (κ2) is 6.64. The van der Waals surface area contributed by atoms with Crippen molar-refractivity contribution in [1.29, 1.82) is 0 Å². The molecule has 0 unspecified atom stereocenters. The average molecular weight is 336 g/mol. The smallest absolute Gasteiger partial charge is 0.137 e. The van der Waals surface area contributed by atoms with Gasteiger partial charge in [0.15, 0.2) is 0 Å². The van der Waals surface area contributed by atoms with Gasteiger partial charge in [0.2, 0.25) is 0 Å². The molecule has 0 saturated carbocycles. The Balaban J connectivity index is 0.000000171. The molecule has 4 nitrogen and oxygen atoms in total. The van der Waals surface area contributed by atoms with E-state index in [2.05, 4.69) is 25.9 Å². The number of anilines is 2. The van der Waals surface area contributed by atoms with Crippen molar-refractivity contribution in [2.24, 2.45) is 0 Å². The van der Waals surface area contributed by atoms with Crippen LogP contribution in [0.1, 0.15) is 0 Å². The Morgan fingerprint density at radius 1 is 1.00 bits per heavy atom. The number of halogens is 3. The predicted octanol–water partition coefficient (Wildman–Crippen LogP) is 3.40. The van der Waals surface area contributed by atoms with Crippen LogP contribution in [0.15, 0.2) is 35.1 Å². The highest BCUT2D eigenvalue weighted by atomic mass is 79.9. The Morgan fingerprint density at radius 2 is 1.65 bits per heavy atom. The summed E-state index contributed by atoms with van der Waals surface area (Å²) < 4.78 is 0.731. The van der Waals surface area contributed by atoms with Crippen LogP contribution < -0.4 is 11.5 Å². The zero-order valence-corrected chi connectivity index (χ0v) is 11.7. The van der Waals surface area contributed by atoms with Gasteiger partial charge in [-0.1, -0.05) is 23.2 Å². The summed E-state index contributed by atoms with van der Waals surface area (Å²) in [5.74, 6) is 0.953. The summed E-state index contributed by atoms with van der Waals surface area (Å²) in [6, 6.07) is 5.05. The van der Waals surface area contributed by atoms with Gasteiger partial charge in [-0.15, -0.1) is 0 Å². The van der Waals surface area contributed by atoms with Crippen molar-refractivity contribution in [3.05, 3.63) is 45.1 Å². The molecule has 2 aromatic rings. The fourth-order valence-electron chi connectivity index (χ4n) is 0.812. The number of pyridine rings is 2. The number of nitrogens with two attached hydrogens (primary N) is 2. The number of nitrogens with zero attached hydrogens (tertiary/aromatic N) is 2. The zero-order chi connectivity index (χ0) is 12.8. The molecule has 0 aliphatic heterocycles. The van der Waals surface area contributed by atoms with Crippen LogP contribution in [-0.4, -0.2) is 9.97 Å². The molecule has 0 spiro atoms. The standard InChI is InChI=1S/C5H4BrClN2.C5H5ClN2/c6-4-1-3(7)2-9-5(4)8;6-4-1-2-5(7)8-3-4/h1-2H,(H2,8,9);1-3H,(H2,7,8). The lowest BCUT2D eigenvalue weighted by atomic mass is 10.5. The molecule has 0 aliphatic carbocycles. The van der Waals surface area contributed by atoms with Gasteiger partial charge in [-0.05, 0) is 34.1 Å².